The number of hydrogen-bond donors (Lipinski definition) is 0. The summed E-state index contributed by atoms with van der Waals surface area (Å²) < 4.78 is 0. The van der Waals surface area contributed by atoms with Crippen molar-refractivity contribution in [3.63, 3.8) is 0 Å². The van der Waals surface area contributed by atoms with Crippen LogP contribution in [0.15, 0.2) is 340 Å². The molecular weight excluding hydrogens is 1220 g/mol. The highest BCUT2D eigenvalue weighted by atomic mass is 15.0. The number of aromatic nitrogens is 6. The van der Waals surface area contributed by atoms with Crippen molar-refractivity contribution < 1.29 is 0 Å². The molecule has 8 heteroatoms. The Morgan fingerprint density at radius 2 is 0.360 bits per heavy atom. The fourth-order valence-electron chi connectivity index (χ4n) is 13.8. The lowest BCUT2D eigenvalue weighted by Crippen LogP contribution is -2.00. The lowest BCUT2D eigenvalue weighted by atomic mass is 9.91. The van der Waals surface area contributed by atoms with Crippen LogP contribution in [0, 0.1) is 22.7 Å². The second-order valence-electron chi connectivity index (χ2n) is 24.8. The first-order chi connectivity index (χ1) is 49.4. The third-order valence-corrected chi connectivity index (χ3v) is 18.6. The number of rotatable bonds is 10. The first kappa shape index (κ1) is 59.8. The van der Waals surface area contributed by atoms with Gasteiger partial charge in [0.2, 0.25) is 0 Å². The number of nitriles is 2. The summed E-state index contributed by atoms with van der Waals surface area (Å²) in [6, 6.07) is 121. The van der Waals surface area contributed by atoms with E-state index in [9.17, 15) is 10.5 Å². The van der Waals surface area contributed by atoms with E-state index in [4.69, 9.17) is 29.9 Å². The molecule has 0 N–H and O–H groups in total. The van der Waals surface area contributed by atoms with E-state index in [2.05, 4.69) is 194 Å². The Morgan fingerprint density at radius 1 is 0.150 bits per heavy atom. The van der Waals surface area contributed by atoms with Crippen molar-refractivity contribution in [2.45, 2.75) is 0 Å². The van der Waals surface area contributed by atoms with Gasteiger partial charge in [-0.05, 0) is 170 Å². The molecule has 0 radical (unpaired) electrons. The molecule has 2 heterocycles. The molecule has 18 aromatic rings. The number of benzene rings is 16. The maximum Gasteiger partial charge on any atom is 0.164 e. The van der Waals surface area contributed by atoms with Gasteiger partial charge in [-0.15, -0.1) is 0 Å². The molecular formula is C92H56N8. The molecule has 0 bridgehead atoms. The molecule has 8 nitrogen and oxygen atoms in total. The Bertz CT molecular complexity index is 6120. The molecule has 2 aromatic heterocycles. The molecule has 16 aromatic carbocycles. The van der Waals surface area contributed by atoms with Gasteiger partial charge in [-0.1, -0.05) is 279 Å². The highest BCUT2D eigenvalue weighted by Crippen LogP contribution is 2.41. The maximum atomic E-state index is 10.1. The second kappa shape index (κ2) is 26.0. The van der Waals surface area contributed by atoms with E-state index in [-0.39, 0.29) is 0 Å². The van der Waals surface area contributed by atoms with Crippen molar-refractivity contribution >= 4 is 64.6 Å². The normalized spacial score (nSPS) is 11.2. The summed E-state index contributed by atoms with van der Waals surface area (Å²) >= 11 is 0. The average Bonchev–Trinajstić information content (AvgIpc) is 0.749. The van der Waals surface area contributed by atoms with Gasteiger partial charge >= 0.3 is 0 Å². The Morgan fingerprint density at radius 3 is 0.700 bits per heavy atom. The molecule has 18 rings (SSSR count). The number of nitrogens with zero attached hydrogens (tertiary/aromatic N) is 8. The molecule has 0 saturated carbocycles. The fourth-order valence-corrected chi connectivity index (χ4v) is 13.8. The van der Waals surface area contributed by atoms with E-state index in [1.165, 1.54) is 64.6 Å². The van der Waals surface area contributed by atoms with E-state index in [0.717, 1.165) is 77.9 Å². The fraction of sp³-hybridized carbons (Fsp3) is 0. The minimum Gasteiger partial charge on any atom is -0.208 e. The summed E-state index contributed by atoms with van der Waals surface area (Å²) in [4.78, 5) is 29.4. The summed E-state index contributed by atoms with van der Waals surface area (Å²) in [6.07, 6.45) is 0. The first-order valence-electron chi connectivity index (χ1n) is 33.2. The van der Waals surface area contributed by atoms with Crippen molar-refractivity contribution in [3.8, 4) is 125 Å². The van der Waals surface area contributed by atoms with Crippen molar-refractivity contribution in [2.75, 3.05) is 0 Å². The molecule has 0 atom stereocenters. The standard InChI is InChI=1S/2C46H28N4/c47-29-30-24-36(27-37(25-30)34-22-23-42-40-20-8-7-18-38(40)39-19-9-10-21-41(39)43(42)28-34)33-16-11-17-35(26-33)46-49-44(31-12-3-1-4-13-31)48-45(50-46)32-14-5-2-6-15-32;47-29-30-24-36(27-37(25-30)46-49-44(31-12-3-1-4-13-31)48-45(50-46)32-14-5-2-6-15-32)34-17-11-16-33(26-34)35-22-23-42-40-20-8-7-18-38(40)39-19-9-10-21-41(39)43(42)28-35/h2*1-28H. The minimum atomic E-state index is 0.515. The molecule has 100 heavy (non-hydrogen) atoms. The summed E-state index contributed by atoms with van der Waals surface area (Å²) in [5, 5.41) is 35.1. The molecule has 0 amide bonds. The quantitative estimate of drug-likeness (QED) is 0.124. The Balaban J connectivity index is 0.000000150. The van der Waals surface area contributed by atoms with E-state index < -0.39 is 0 Å². The van der Waals surface area contributed by atoms with Crippen LogP contribution in [0.5, 0.6) is 0 Å². The van der Waals surface area contributed by atoms with Gasteiger partial charge in [-0.25, -0.2) is 29.9 Å². The van der Waals surface area contributed by atoms with Crippen molar-refractivity contribution in [1.29, 1.82) is 10.5 Å². The maximum absolute atomic E-state index is 10.1. The first-order valence-corrected chi connectivity index (χ1v) is 33.2. The molecule has 0 aliphatic heterocycles. The van der Waals surface area contributed by atoms with Gasteiger partial charge in [0, 0.05) is 33.4 Å². The van der Waals surface area contributed by atoms with Crippen LogP contribution < -0.4 is 0 Å². The molecule has 0 aliphatic carbocycles. The number of hydrogen-bond acceptors (Lipinski definition) is 8. The van der Waals surface area contributed by atoms with E-state index in [1.807, 2.05) is 158 Å². The lowest BCUT2D eigenvalue weighted by molar-refractivity contribution is 1.07. The predicted octanol–water partition coefficient (Wildman–Crippen LogP) is 23.1. The summed E-state index contributed by atoms with van der Waals surface area (Å²) in [5.41, 5.74) is 14.5. The van der Waals surface area contributed by atoms with Gasteiger partial charge < -0.3 is 0 Å². The topological polar surface area (TPSA) is 125 Å². The van der Waals surface area contributed by atoms with Crippen LogP contribution in [-0.2, 0) is 0 Å². The minimum absolute atomic E-state index is 0.515. The van der Waals surface area contributed by atoms with E-state index in [1.54, 1.807) is 0 Å². The zero-order chi connectivity index (χ0) is 66.9. The van der Waals surface area contributed by atoms with Gasteiger partial charge in [-0.2, -0.15) is 10.5 Å². The van der Waals surface area contributed by atoms with Crippen LogP contribution in [0.4, 0.5) is 0 Å². The third-order valence-electron chi connectivity index (χ3n) is 18.6. The summed E-state index contributed by atoms with van der Waals surface area (Å²) in [7, 11) is 0. The molecule has 0 saturated heterocycles. The number of fused-ring (bicyclic) bond motifs is 12. The lowest BCUT2D eigenvalue weighted by Gasteiger charge is -2.13. The van der Waals surface area contributed by atoms with E-state index >= 15 is 0 Å². The highest BCUT2D eigenvalue weighted by Gasteiger charge is 2.19. The zero-order valence-corrected chi connectivity index (χ0v) is 53.9. The van der Waals surface area contributed by atoms with Gasteiger partial charge in [0.05, 0.1) is 23.3 Å². The Labute approximate surface area is 577 Å². The van der Waals surface area contributed by atoms with Crippen LogP contribution in [0.2, 0.25) is 0 Å². The predicted molar refractivity (Wildman–Crippen MR) is 408 cm³/mol. The SMILES string of the molecule is N#Cc1cc(-c2cccc(-c3ccc4c5ccccc5c5ccccc5c4c3)c2)cc(-c2nc(-c3ccccc3)nc(-c3ccccc3)n2)c1.N#Cc1cc(-c2cccc(-c3nc(-c4ccccc4)nc(-c4ccccc4)n3)c2)cc(-c2ccc3c4ccccc4c4ccccc4c3c2)c1. The van der Waals surface area contributed by atoms with Gasteiger partial charge in [0.1, 0.15) is 0 Å². The molecule has 464 valence electrons. The summed E-state index contributed by atoms with van der Waals surface area (Å²) in [6.45, 7) is 0. The van der Waals surface area contributed by atoms with Crippen molar-refractivity contribution in [1.82, 2.24) is 29.9 Å². The Hall–Kier alpha value is -13.9. The summed E-state index contributed by atoms with van der Waals surface area (Å²) in [5.74, 6) is 3.50. The van der Waals surface area contributed by atoms with Crippen molar-refractivity contribution in [3.05, 3.63) is 351 Å². The van der Waals surface area contributed by atoms with Gasteiger partial charge in [0.25, 0.3) is 0 Å². The molecule has 0 unspecified atom stereocenters. The van der Waals surface area contributed by atoms with Crippen LogP contribution in [0.3, 0.4) is 0 Å². The van der Waals surface area contributed by atoms with Crippen molar-refractivity contribution in [2.24, 2.45) is 0 Å². The largest absolute Gasteiger partial charge is 0.208 e. The van der Waals surface area contributed by atoms with E-state index in [0.29, 0.717) is 46.1 Å². The van der Waals surface area contributed by atoms with Gasteiger partial charge in [0.15, 0.2) is 34.9 Å². The average molecular weight is 1270 g/mol. The third kappa shape index (κ3) is 11.6. The second-order valence-corrected chi connectivity index (χ2v) is 24.8. The van der Waals surface area contributed by atoms with Crippen LogP contribution in [0.1, 0.15) is 11.1 Å². The Kier molecular flexibility index (Phi) is 15.6. The van der Waals surface area contributed by atoms with Crippen LogP contribution in [-0.4, -0.2) is 29.9 Å². The zero-order valence-electron chi connectivity index (χ0n) is 53.9. The molecule has 0 aliphatic rings. The molecule has 0 fully saturated rings. The van der Waals surface area contributed by atoms with Crippen LogP contribution in [0.25, 0.3) is 177 Å². The highest BCUT2D eigenvalue weighted by molar-refractivity contribution is 6.27. The molecule has 0 spiro atoms. The smallest absolute Gasteiger partial charge is 0.164 e. The van der Waals surface area contributed by atoms with Gasteiger partial charge in [-0.3, -0.25) is 0 Å². The monoisotopic (exact) mass is 1270 g/mol. The van der Waals surface area contributed by atoms with Crippen LogP contribution >= 0.6 is 0 Å².